The van der Waals surface area contributed by atoms with Gasteiger partial charge in [-0.3, -0.25) is 0 Å². The van der Waals surface area contributed by atoms with E-state index in [-0.39, 0.29) is 35.8 Å². The van der Waals surface area contributed by atoms with E-state index >= 15 is 0 Å². The molecule has 0 saturated heterocycles. The molecule has 8 heteroatoms. The minimum atomic E-state index is -3.93. The molecule has 220 valence electrons. The molecule has 0 radical (unpaired) electrons. The first-order chi connectivity index (χ1) is 20.0. The topological polar surface area (TPSA) is 74.8 Å². The van der Waals surface area contributed by atoms with E-state index in [1.165, 1.54) is 16.4 Å². The van der Waals surface area contributed by atoms with Gasteiger partial charge in [-0.25, -0.2) is 21.1 Å². The Morgan fingerprint density at radius 2 is 1.26 bits per heavy atom. The van der Waals surface area contributed by atoms with E-state index < -0.39 is 20.0 Å². The van der Waals surface area contributed by atoms with Gasteiger partial charge in [0.1, 0.15) is 0 Å². The predicted octanol–water partition coefficient (Wildman–Crippen LogP) is 5.50. The second kappa shape index (κ2) is 17.1. The molecule has 0 aromatic heterocycles. The van der Waals surface area contributed by atoms with Crippen molar-refractivity contribution >= 4 is 20.0 Å². The third-order valence-corrected chi connectivity index (χ3v) is 9.44. The fourth-order valence-corrected chi connectivity index (χ4v) is 5.88. The van der Waals surface area contributed by atoms with Gasteiger partial charge in [0.05, 0.1) is 22.9 Å². The number of sulfonamides is 2. The summed E-state index contributed by atoms with van der Waals surface area (Å²) in [4.78, 5) is 0.287. The van der Waals surface area contributed by atoms with E-state index in [0.29, 0.717) is 0 Å². The summed E-state index contributed by atoms with van der Waals surface area (Å²) in [6.07, 6.45) is 4.90. The smallest absolute Gasteiger partial charge is 0.223 e. The Labute approximate surface area is 253 Å². The highest BCUT2D eigenvalue weighted by atomic mass is 32.2. The normalized spacial score (nSPS) is 10.5. The Kier molecular flexibility index (Phi) is 14.0. The quantitative estimate of drug-likeness (QED) is 0.147. The molecule has 0 spiro atoms. The molecule has 0 fully saturated rings. The van der Waals surface area contributed by atoms with Crippen LogP contribution in [-0.4, -0.2) is 45.1 Å². The highest BCUT2D eigenvalue weighted by molar-refractivity contribution is 7.89. The maximum Gasteiger partial charge on any atom is 0.271 e. The van der Waals surface area contributed by atoms with Crippen molar-refractivity contribution in [2.75, 3.05) is 19.6 Å². The molecule has 2 aromatic rings. The Bertz CT molecular complexity index is 1690. The van der Waals surface area contributed by atoms with E-state index in [1.807, 2.05) is 33.8 Å². The fourth-order valence-electron chi connectivity index (χ4n) is 3.36. The van der Waals surface area contributed by atoms with E-state index in [4.69, 9.17) is 0 Å². The highest BCUT2D eigenvalue weighted by Gasteiger charge is 2.23. The number of aryl methyl sites for hydroxylation is 2. The number of hydrogen-bond acceptors (Lipinski definition) is 4. The van der Waals surface area contributed by atoms with Crippen molar-refractivity contribution in [2.45, 2.75) is 70.1 Å². The zero-order valence-corrected chi connectivity index (χ0v) is 26.6. The second-order valence-corrected chi connectivity index (χ2v) is 13.6. The lowest BCUT2D eigenvalue weighted by Crippen LogP contribution is -2.32. The molecule has 0 saturated carbocycles. The summed E-state index contributed by atoms with van der Waals surface area (Å²) in [7, 11) is -7.73. The minimum absolute atomic E-state index is 0.0308. The van der Waals surface area contributed by atoms with Crippen LogP contribution in [0.4, 0.5) is 0 Å². The number of unbranched alkanes of at least 4 members (excludes halogenated alkanes) is 2. The molecule has 0 aliphatic carbocycles. The van der Waals surface area contributed by atoms with E-state index in [0.717, 1.165) is 40.3 Å². The largest absolute Gasteiger partial charge is 0.271 e. The van der Waals surface area contributed by atoms with E-state index in [1.54, 1.807) is 36.4 Å². The van der Waals surface area contributed by atoms with Crippen LogP contribution < -0.4 is 0 Å². The lowest BCUT2D eigenvalue weighted by atomic mass is 10.2. The van der Waals surface area contributed by atoms with Gasteiger partial charge in [0.25, 0.3) is 10.0 Å². The van der Waals surface area contributed by atoms with Crippen LogP contribution >= 0.6 is 0 Å². The molecule has 0 N–H and O–H groups in total. The lowest BCUT2D eigenvalue weighted by molar-refractivity contribution is 0.477. The number of nitrogens with zero attached hydrogens (tertiary/aromatic N) is 2. The minimum Gasteiger partial charge on any atom is -0.223 e. The van der Waals surface area contributed by atoms with Gasteiger partial charge < -0.3 is 0 Å². The van der Waals surface area contributed by atoms with Gasteiger partial charge in [0, 0.05) is 31.4 Å². The number of rotatable bonds is 11. The van der Waals surface area contributed by atoms with Gasteiger partial charge >= 0.3 is 0 Å². The van der Waals surface area contributed by atoms with Gasteiger partial charge in [-0.05, 0) is 76.1 Å². The molecule has 42 heavy (non-hydrogen) atoms. The van der Waals surface area contributed by atoms with Crippen molar-refractivity contribution in [3.63, 3.8) is 0 Å². The molecular formula is C34H38N2O4S2. The van der Waals surface area contributed by atoms with Crippen molar-refractivity contribution in [1.29, 1.82) is 0 Å². The molecule has 0 amide bonds. The summed E-state index contributed by atoms with van der Waals surface area (Å²) in [6.45, 7) is 9.70. The van der Waals surface area contributed by atoms with E-state index in [2.05, 4.69) is 54.4 Å². The Hall–Kier alpha value is -3.92. The fraction of sp³-hybridized carbons (Fsp3) is 0.353. The SMILES string of the molecule is CCCCC#CC#CCCN(C#CC#CCN(CC=C(C)C)S(=O)(=O)c1ccc(C)cc1)S(=O)(=O)c1ccc(C)cc1. The number of benzene rings is 2. The first kappa shape index (κ1) is 34.3. The molecule has 2 aromatic carbocycles. The van der Waals surface area contributed by atoms with Crippen LogP contribution in [0.15, 0.2) is 70.0 Å². The van der Waals surface area contributed by atoms with Crippen LogP contribution in [0.3, 0.4) is 0 Å². The first-order valence-corrected chi connectivity index (χ1v) is 16.6. The summed E-state index contributed by atoms with van der Waals surface area (Å²) in [5, 5.41) is 0. The maximum absolute atomic E-state index is 13.3. The van der Waals surface area contributed by atoms with Gasteiger partial charge in [-0.1, -0.05) is 78.1 Å². The van der Waals surface area contributed by atoms with Crippen molar-refractivity contribution in [2.24, 2.45) is 0 Å². The molecule has 2 rings (SSSR count). The third-order valence-electron chi connectivity index (χ3n) is 5.89. The molecule has 0 aliphatic heterocycles. The van der Waals surface area contributed by atoms with Crippen molar-refractivity contribution < 1.29 is 16.8 Å². The summed E-state index contributed by atoms with van der Waals surface area (Å²) in [6, 6.07) is 15.8. The molecule has 0 aliphatic rings. The molecule has 0 atom stereocenters. The van der Waals surface area contributed by atoms with Crippen LogP contribution in [0.1, 0.15) is 57.6 Å². The molecular weight excluding hydrogens is 565 g/mol. The van der Waals surface area contributed by atoms with E-state index in [9.17, 15) is 16.8 Å². The van der Waals surface area contributed by atoms with Gasteiger partial charge in [-0.2, -0.15) is 4.31 Å². The number of hydrogen-bond donors (Lipinski definition) is 0. The highest BCUT2D eigenvalue weighted by Crippen LogP contribution is 2.17. The van der Waals surface area contributed by atoms with Crippen molar-refractivity contribution in [1.82, 2.24) is 8.61 Å². The Morgan fingerprint density at radius 1 is 0.738 bits per heavy atom. The van der Waals surface area contributed by atoms with Crippen LogP contribution in [0, 0.1) is 61.3 Å². The van der Waals surface area contributed by atoms with Crippen LogP contribution in [0.2, 0.25) is 0 Å². The average molecular weight is 603 g/mol. The standard InChI is InChI=1S/C34H38N2O4S2/c1-6-7-8-9-10-11-12-14-26-35(41(37,38)33-21-17-31(4)18-22-33)27-15-13-16-28-36(29-25-30(2)3)42(39,40)34-23-19-32(5)20-24-34/h17-25H,6-8,14,26,28-29H2,1-5H3. The first-order valence-electron chi connectivity index (χ1n) is 13.7. The summed E-state index contributed by atoms with van der Waals surface area (Å²) < 4.78 is 55.5. The number of allylic oxidation sites excluding steroid dienone is 1. The van der Waals surface area contributed by atoms with Gasteiger partial charge in [0.2, 0.25) is 10.0 Å². The van der Waals surface area contributed by atoms with Crippen LogP contribution in [0.25, 0.3) is 0 Å². The molecule has 0 bridgehead atoms. The predicted molar refractivity (Wildman–Crippen MR) is 170 cm³/mol. The molecule has 6 nitrogen and oxygen atoms in total. The van der Waals surface area contributed by atoms with Gasteiger partial charge in [0.15, 0.2) is 0 Å². The lowest BCUT2D eigenvalue weighted by Gasteiger charge is -2.18. The van der Waals surface area contributed by atoms with Gasteiger partial charge in [-0.15, -0.1) is 0 Å². The van der Waals surface area contributed by atoms with Crippen LogP contribution in [0.5, 0.6) is 0 Å². The Morgan fingerprint density at radius 3 is 1.81 bits per heavy atom. The van der Waals surface area contributed by atoms with Crippen molar-refractivity contribution in [3.8, 4) is 47.5 Å². The summed E-state index contributed by atoms with van der Waals surface area (Å²) in [5.74, 6) is 19.4. The zero-order valence-electron chi connectivity index (χ0n) is 25.0. The Balaban J connectivity index is 2.30. The third kappa shape index (κ3) is 11.2. The monoisotopic (exact) mass is 602 g/mol. The summed E-state index contributed by atoms with van der Waals surface area (Å²) >= 11 is 0. The maximum atomic E-state index is 13.3. The zero-order chi connectivity index (χ0) is 31.0. The molecule has 0 unspecified atom stereocenters. The van der Waals surface area contributed by atoms with Crippen LogP contribution in [-0.2, 0) is 20.0 Å². The molecule has 0 heterocycles. The average Bonchev–Trinajstić information content (AvgIpc) is 2.94. The van der Waals surface area contributed by atoms with Crippen molar-refractivity contribution in [3.05, 3.63) is 71.3 Å². The second-order valence-electron chi connectivity index (χ2n) is 9.78. The summed E-state index contributed by atoms with van der Waals surface area (Å²) in [5.41, 5.74) is 2.86.